The third-order valence-corrected chi connectivity index (χ3v) is 3.59. The van der Waals surface area contributed by atoms with Crippen molar-refractivity contribution in [1.82, 2.24) is 4.98 Å². The van der Waals surface area contributed by atoms with Gasteiger partial charge in [0.2, 0.25) is 0 Å². The Labute approximate surface area is 94.5 Å². The van der Waals surface area contributed by atoms with E-state index in [0.29, 0.717) is 0 Å². The van der Waals surface area contributed by atoms with Gasteiger partial charge in [-0.15, -0.1) is 0 Å². The van der Waals surface area contributed by atoms with Crippen molar-refractivity contribution in [3.8, 4) is 6.07 Å². The van der Waals surface area contributed by atoms with Crippen LogP contribution >= 0.6 is 0 Å². The van der Waals surface area contributed by atoms with Gasteiger partial charge in [0.1, 0.15) is 0 Å². The number of aromatic nitrogens is 1. The molecule has 1 aromatic heterocycles. The van der Waals surface area contributed by atoms with Gasteiger partial charge in [0.15, 0.2) is 0 Å². The molecule has 78 valence electrons. The Kier molecular flexibility index (Phi) is 1.94. The van der Waals surface area contributed by atoms with Crippen LogP contribution in [0.15, 0.2) is 36.5 Å². The summed E-state index contributed by atoms with van der Waals surface area (Å²) >= 11 is 0. The lowest BCUT2D eigenvalue weighted by molar-refractivity contribution is 0.326. The summed E-state index contributed by atoms with van der Waals surface area (Å²) in [6.07, 6.45) is 4.94. The molecular weight excluding hydrogens is 196 g/mol. The van der Waals surface area contributed by atoms with E-state index in [1.165, 1.54) is 0 Å². The summed E-state index contributed by atoms with van der Waals surface area (Å²) in [4.78, 5) is 4.34. The molecule has 3 rings (SSSR count). The van der Waals surface area contributed by atoms with Gasteiger partial charge in [0.25, 0.3) is 0 Å². The van der Waals surface area contributed by atoms with Crippen LogP contribution in [-0.4, -0.2) is 4.98 Å². The molecule has 0 aliphatic heterocycles. The highest BCUT2D eigenvalue weighted by molar-refractivity contribution is 5.83. The second-order valence-electron chi connectivity index (χ2n) is 4.42. The lowest BCUT2D eigenvalue weighted by atomic mass is 9.65. The van der Waals surface area contributed by atoms with E-state index in [1.807, 2.05) is 30.5 Å². The number of fused-ring (bicyclic) bond motifs is 1. The largest absolute Gasteiger partial charge is 0.256 e. The molecule has 1 heterocycles. The minimum atomic E-state index is -0.247. The Bertz CT molecular complexity index is 571. The molecule has 1 aromatic carbocycles. The molecule has 16 heavy (non-hydrogen) atoms. The summed E-state index contributed by atoms with van der Waals surface area (Å²) in [5, 5.41) is 10.5. The van der Waals surface area contributed by atoms with Crippen LogP contribution in [-0.2, 0) is 5.41 Å². The van der Waals surface area contributed by atoms with Crippen LogP contribution in [0, 0.1) is 11.3 Å². The van der Waals surface area contributed by atoms with E-state index in [1.54, 1.807) is 0 Å². The number of benzene rings is 1. The van der Waals surface area contributed by atoms with Crippen LogP contribution in [0.2, 0.25) is 0 Å². The van der Waals surface area contributed by atoms with Crippen LogP contribution < -0.4 is 0 Å². The second-order valence-corrected chi connectivity index (χ2v) is 4.42. The van der Waals surface area contributed by atoms with Crippen LogP contribution in [0.4, 0.5) is 0 Å². The van der Waals surface area contributed by atoms with Crippen LogP contribution in [0.25, 0.3) is 10.9 Å². The van der Waals surface area contributed by atoms with Crippen molar-refractivity contribution < 1.29 is 0 Å². The first-order valence-electron chi connectivity index (χ1n) is 5.61. The molecule has 1 saturated carbocycles. The molecule has 2 aromatic rings. The van der Waals surface area contributed by atoms with E-state index < -0.39 is 0 Å². The van der Waals surface area contributed by atoms with E-state index in [-0.39, 0.29) is 5.41 Å². The van der Waals surface area contributed by atoms with E-state index in [2.05, 4.69) is 17.1 Å². The molecule has 0 saturated heterocycles. The van der Waals surface area contributed by atoms with Gasteiger partial charge in [0, 0.05) is 11.6 Å². The summed E-state index contributed by atoms with van der Waals surface area (Å²) in [5.74, 6) is 0. The first kappa shape index (κ1) is 9.35. The Morgan fingerprint density at radius 1 is 1.19 bits per heavy atom. The number of hydrogen-bond donors (Lipinski definition) is 0. The van der Waals surface area contributed by atoms with E-state index in [0.717, 1.165) is 35.7 Å². The molecule has 0 radical (unpaired) electrons. The average Bonchev–Trinajstić information content (AvgIpc) is 2.29. The third kappa shape index (κ3) is 1.15. The lowest BCUT2D eigenvalue weighted by Gasteiger charge is -2.36. The Morgan fingerprint density at radius 3 is 2.69 bits per heavy atom. The monoisotopic (exact) mass is 208 g/mol. The van der Waals surface area contributed by atoms with Gasteiger partial charge in [-0.1, -0.05) is 18.2 Å². The molecule has 0 N–H and O–H groups in total. The molecule has 1 aliphatic rings. The van der Waals surface area contributed by atoms with Gasteiger partial charge in [-0.05, 0) is 37.0 Å². The van der Waals surface area contributed by atoms with Gasteiger partial charge in [-0.2, -0.15) is 5.26 Å². The van der Waals surface area contributed by atoms with E-state index in [4.69, 9.17) is 0 Å². The zero-order chi connectivity index (χ0) is 11.0. The minimum Gasteiger partial charge on any atom is -0.256 e. The summed E-state index contributed by atoms with van der Waals surface area (Å²) in [6, 6.07) is 12.6. The Hall–Kier alpha value is -1.88. The summed E-state index contributed by atoms with van der Waals surface area (Å²) in [5.41, 5.74) is 1.90. The van der Waals surface area contributed by atoms with Gasteiger partial charge >= 0.3 is 0 Å². The normalized spacial score (nSPS) is 17.7. The maximum atomic E-state index is 9.38. The van der Waals surface area contributed by atoms with Crippen molar-refractivity contribution >= 4 is 10.9 Å². The van der Waals surface area contributed by atoms with Crippen LogP contribution in [0.1, 0.15) is 24.8 Å². The van der Waals surface area contributed by atoms with E-state index in [9.17, 15) is 5.26 Å². The molecule has 1 fully saturated rings. The zero-order valence-corrected chi connectivity index (χ0v) is 8.98. The molecular formula is C14H12N2. The number of hydrogen-bond acceptors (Lipinski definition) is 2. The molecule has 0 unspecified atom stereocenters. The van der Waals surface area contributed by atoms with Gasteiger partial charge < -0.3 is 0 Å². The zero-order valence-electron chi connectivity index (χ0n) is 8.98. The topological polar surface area (TPSA) is 36.7 Å². The van der Waals surface area contributed by atoms with Crippen molar-refractivity contribution in [2.75, 3.05) is 0 Å². The van der Waals surface area contributed by atoms with Gasteiger partial charge in [-0.25, -0.2) is 0 Å². The highest BCUT2D eigenvalue weighted by Gasteiger charge is 2.39. The quantitative estimate of drug-likeness (QED) is 0.721. The third-order valence-electron chi connectivity index (χ3n) is 3.59. The molecule has 2 heteroatoms. The maximum absolute atomic E-state index is 9.38. The second kappa shape index (κ2) is 3.31. The number of para-hydroxylation sites is 1. The fraction of sp³-hybridized carbons (Fsp3) is 0.286. The van der Waals surface area contributed by atoms with Gasteiger partial charge in [0.05, 0.1) is 17.0 Å². The van der Waals surface area contributed by atoms with Crippen molar-refractivity contribution in [3.63, 3.8) is 0 Å². The van der Waals surface area contributed by atoms with Gasteiger partial charge in [-0.3, -0.25) is 4.98 Å². The summed E-state index contributed by atoms with van der Waals surface area (Å²) in [7, 11) is 0. The molecule has 0 spiro atoms. The maximum Gasteiger partial charge on any atom is 0.0829 e. The van der Waals surface area contributed by atoms with E-state index >= 15 is 0 Å². The minimum absolute atomic E-state index is 0.247. The van der Waals surface area contributed by atoms with Crippen molar-refractivity contribution in [1.29, 1.82) is 5.26 Å². The predicted octanol–water partition coefficient (Wildman–Crippen LogP) is 3.18. The SMILES string of the molecule is N#CC1(c2ccnc3ccccc23)CCC1. The number of pyridine rings is 1. The predicted molar refractivity (Wildman–Crippen MR) is 62.9 cm³/mol. The molecule has 0 bridgehead atoms. The van der Waals surface area contributed by atoms with Crippen LogP contribution in [0.5, 0.6) is 0 Å². The number of nitriles is 1. The fourth-order valence-corrected chi connectivity index (χ4v) is 2.48. The summed E-state index contributed by atoms with van der Waals surface area (Å²) < 4.78 is 0. The number of nitrogens with zero attached hydrogens (tertiary/aromatic N) is 2. The highest BCUT2D eigenvalue weighted by atomic mass is 14.7. The van der Waals surface area contributed by atoms with Crippen molar-refractivity contribution in [3.05, 3.63) is 42.1 Å². The van der Waals surface area contributed by atoms with Crippen molar-refractivity contribution in [2.45, 2.75) is 24.7 Å². The van der Waals surface area contributed by atoms with Crippen molar-refractivity contribution in [2.24, 2.45) is 0 Å². The molecule has 1 aliphatic carbocycles. The standard InChI is InChI=1S/C14H12N2/c15-10-14(7-3-8-14)12-6-9-16-13-5-2-1-4-11(12)13/h1-2,4-6,9H,3,7-8H2. The fourth-order valence-electron chi connectivity index (χ4n) is 2.48. The van der Waals surface area contributed by atoms with Crippen LogP contribution in [0.3, 0.4) is 0 Å². The lowest BCUT2D eigenvalue weighted by Crippen LogP contribution is -2.32. The molecule has 2 nitrogen and oxygen atoms in total. The highest BCUT2D eigenvalue weighted by Crippen LogP contribution is 2.45. The average molecular weight is 208 g/mol. The Balaban J connectivity index is 2.28. The molecule has 0 atom stereocenters. The number of rotatable bonds is 1. The smallest absolute Gasteiger partial charge is 0.0829 e. The first-order valence-corrected chi connectivity index (χ1v) is 5.61. The Morgan fingerprint density at radius 2 is 2.00 bits per heavy atom. The molecule has 0 amide bonds. The summed E-state index contributed by atoms with van der Waals surface area (Å²) in [6.45, 7) is 0. The first-order chi connectivity index (χ1) is 7.86.